The summed E-state index contributed by atoms with van der Waals surface area (Å²) < 4.78 is 5.63. The maximum absolute atomic E-state index is 12.4. The quantitative estimate of drug-likeness (QED) is 0.398. The highest BCUT2D eigenvalue weighted by Gasteiger charge is 2.52. The Kier molecular flexibility index (Phi) is 6.57. The summed E-state index contributed by atoms with van der Waals surface area (Å²) in [5.74, 6) is 1.47. The lowest BCUT2D eigenvalue weighted by Gasteiger charge is -2.42. The summed E-state index contributed by atoms with van der Waals surface area (Å²) in [4.78, 5) is 17.0. The number of hydrogen-bond donors (Lipinski definition) is 0. The molecular formula is C26H27BrN2O2. The minimum atomic E-state index is -0.0460. The monoisotopic (exact) mass is 478 g/mol. The van der Waals surface area contributed by atoms with E-state index in [-0.39, 0.29) is 29.8 Å². The molecule has 31 heavy (non-hydrogen) atoms. The normalized spacial score (nSPS) is 30.1. The second kappa shape index (κ2) is 9.36. The third kappa shape index (κ3) is 4.32. The van der Waals surface area contributed by atoms with Gasteiger partial charge in [0.05, 0.1) is 23.2 Å². The molecule has 1 aromatic carbocycles. The van der Waals surface area contributed by atoms with Gasteiger partial charge in [-0.3, -0.25) is 9.78 Å². The van der Waals surface area contributed by atoms with E-state index in [1.165, 1.54) is 0 Å². The Morgan fingerprint density at radius 3 is 2.77 bits per heavy atom. The molecule has 2 fully saturated rings. The van der Waals surface area contributed by atoms with Gasteiger partial charge in [-0.1, -0.05) is 53.2 Å². The first-order valence-electron chi connectivity index (χ1n) is 10.9. The molecule has 1 aliphatic carbocycles. The third-order valence-corrected chi connectivity index (χ3v) is 7.44. The van der Waals surface area contributed by atoms with Crippen molar-refractivity contribution < 1.29 is 9.53 Å². The van der Waals surface area contributed by atoms with Crippen LogP contribution in [0, 0.1) is 40.9 Å². The lowest BCUT2D eigenvalue weighted by Crippen LogP contribution is -2.40. The number of hydrogen-bond acceptors (Lipinski definition) is 4. The number of nitriles is 1. The summed E-state index contributed by atoms with van der Waals surface area (Å²) >= 11 is 3.62. The molecule has 6 atom stereocenters. The minimum Gasteiger partial charge on any atom is -0.462 e. The molecule has 0 spiro atoms. The SMILES string of the molecule is C[C@H]1C[C@H]2C(=O)O[C@H](C)[C@H]2[C@@H](/C=C/c2ccc(-c3ccccc3C#N)cn2)[C@@H]1CCBr. The molecule has 4 nitrogen and oxygen atoms in total. The van der Waals surface area contributed by atoms with Crippen molar-refractivity contribution in [1.29, 1.82) is 5.26 Å². The van der Waals surface area contributed by atoms with Crippen molar-refractivity contribution in [3.05, 3.63) is 59.9 Å². The average Bonchev–Trinajstić information content (AvgIpc) is 3.07. The van der Waals surface area contributed by atoms with E-state index in [2.05, 4.69) is 46.1 Å². The molecule has 1 saturated heterocycles. The van der Waals surface area contributed by atoms with Crippen LogP contribution < -0.4 is 0 Å². The standard InChI is InChI=1S/C26H27BrN2O2/c1-16-13-24-25(17(2)31-26(24)30)23(21(16)11-12-27)10-9-20-8-7-19(15-29-20)22-6-4-3-5-18(22)14-28/h3-10,15-17,21,23-25H,11-13H2,1-2H3/b10-9+/t16-,17+,21+,23-,24+,25-/m0/s1. The molecule has 4 rings (SSSR count). The number of benzene rings is 1. The molecule has 2 heterocycles. The Balaban J connectivity index is 1.59. The van der Waals surface area contributed by atoms with Gasteiger partial charge in [-0.25, -0.2) is 0 Å². The van der Waals surface area contributed by atoms with Crippen molar-refractivity contribution >= 4 is 28.0 Å². The number of nitrogens with zero attached hydrogens (tertiary/aromatic N) is 2. The lowest BCUT2D eigenvalue weighted by atomic mass is 9.61. The van der Waals surface area contributed by atoms with Crippen LogP contribution in [0.1, 0.15) is 37.9 Å². The summed E-state index contributed by atoms with van der Waals surface area (Å²) in [5, 5.41) is 10.3. The summed E-state index contributed by atoms with van der Waals surface area (Å²) in [7, 11) is 0. The Bertz CT molecular complexity index is 1010. The maximum Gasteiger partial charge on any atom is 0.309 e. The molecule has 0 amide bonds. The number of ether oxygens (including phenoxy) is 1. The first-order valence-corrected chi connectivity index (χ1v) is 12.1. The van der Waals surface area contributed by atoms with Crippen LogP contribution in [0.2, 0.25) is 0 Å². The molecule has 2 aliphatic rings. The van der Waals surface area contributed by atoms with Crippen LogP contribution in [0.5, 0.6) is 0 Å². The average molecular weight is 479 g/mol. The van der Waals surface area contributed by atoms with Crippen LogP contribution in [0.25, 0.3) is 17.2 Å². The zero-order valence-electron chi connectivity index (χ0n) is 17.9. The second-order valence-corrected chi connectivity index (χ2v) is 9.54. The maximum atomic E-state index is 12.4. The van der Waals surface area contributed by atoms with Gasteiger partial charge in [0.1, 0.15) is 6.10 Å². The summed E-state index contributed by atoms with van der Waals surface area (Å²) in [6, 6.07) is 13.8. The van der Waals surface area contributed by atoms with Crippen LogP contribution in [0.3, 0.4) is 0 Å². The second-order valence-electron chi connectivity index (χ2n) is 8.75. The Morgan fingerprint density at radius 1 is 1.26 bits per heavy atom. The third-order valence-electron chi connectivity index (χ3n) is 6.98. The highest BCUT2D eigenvalue weighted by atomic mass is 79.9. The molecular weight excluding hydrogens is 452 g/mol. The van der Waals surface area contributed by atoms with Gasteiger partial charge in [-0.2, -0.15) is 5.26 Å². The molecule has 2 aromatic rings. The van der Waals surface area contributed by atoms with Crippen molar-refractivity contribution in [3.63, 3.8) is 0 Å². The number of cyclic esters (lactones) is 1. The van der Waals surface area contributed by atoms with E-state index < -0.39 is 0 Å². The van der Waals surface area contributed by atoms with E-state index in [0.717, 1.165) is 35.0 Å². The van der Waals surface area contributed by atoms with E-state index in [4.69, 9.17) is 4.74 Å². The van der Waals surface area contributed by atoms with E-state index in [1.807, 2.05) is 49.5 Å². The number of aromatic nitrogens is 1. The van der Waals surface area contributed by atoms with Gasteiger partial charge in [-0.05, 0) is 55.7 Å². The van der Waals surface area contributed by atoms with Gasteiger partial charge in [0.2, 0.25) is 0 Å². The molecule has 5 heteroatoms. The molecule has 1 saturated carbocycles. The van der Waals surface area contributed by atoms with Gasteiger partial charge in [0, 0.05) is 28.6 Å². The molecule has 1 aromatic heterocycles. The highest BCUT2D eigenvalue weighted by molar-refractivity contribution is 9.09. The molecule has 160 valence electrons. The number of rotatable bonds is 5. The van der Waals surface area contributed by atoms with Crippen molar-refractivity contribution in [1.82, 2.24) is 4.98 Å². The van der Waals surface area contributed by atoms with Gasteiger partial charge < -0.3 is 4.74 Å². The van der Waals surface area contributed by atoms with Crippen LogP contribution in [0.15, 0.2) is 48.7 Å². The zero-order valence-corrected chi connectivity index (χ0v) is 19.5. The van der Waals surface area contributed by atoms with Gasteiger partial charge in [0.25, 0.3) is 0 Å². The minimum absolute atomic E-state index is 0.00374. The van der Waals surface area contributed by atoms with E-state index in [1.54, 1.807) is 0 Å². The van der Waals surface area contributed by atoms with Crippen molar-refractivity contribution in [2.24, 2.45) is 29.6 Å². The summed E-state index contributed by atoms with van der Waals surface area (Å²) in [5.41, 5.74) is 3.35. The number of carbonyl (C=O) groups excluding carboxylic acids is 1. The van der Waals surface area contributed by atoms with Gasteiger partial charge >= 0.3 is 5.97 Å². The Labute approximate surface area is 192 Å². The van der Waals surface area contributed by atoms with Crippen molar-refractivity contribution in [2.45, 2.75) is 32.8 Å². The smallest absolute Gasteiger partial charge is 0.309 e. The highest BCUT2D eigenvalue weighted by Crippen LogP contribution is 2.50. The number of esters is 1. The van der Waals surface area contributed by atoms with Gasteiger partial charge in [0.15, 0.2) is 0 Å². The predicted octanol–water partition coefficient (Wildman–Crippen LogP) is 5.87. The van der Waals surface area contributed by atoms with Crippen LogP contribution in [0.4, 0.5) is 0 Å². The number of halogens is 1. The lowest BCUT2D eigenvalue weighted by molar-refractivity contribution is -0.144. The fourth-order valence-electron chi connectivity index (χ4n) is 5.49. The zero-order chi connectivity index (χ0) is 22.0. The van der Waals surface area contributed by atoms with Gasteiger partial charge in [-0.15, -0.1) is 0 Å². The van der Waals surface area contributed by atoms with E-state index >= 15 is 0 Å². The number of carbonyl (C=O) groups is 1. The van der Waals surface area contributed by atoms with Crippen LogP contribution >= 0.6 is 15.9 Å². The number of allylic oxidation sites excluding steroid dienone is 1. The largest absolute Gasteiger partial charge is 0.462 e. The fraction of sp³-hybridized carbons (Fsp3) is 0.423. The van der Waals surface area contributed by atoms with Crippen LogP contribution in [-0.4, -0.2) is 22.4 Å². The van der Waals surface area contributed by atoms with Crippen molar-refractivity contribution in [2.75, 3.05) is 5.33 Å². The molecule has 0 N–H and O–H groups in total. The molecule has 0 radical (unpaired) electrons. The van der Waals surface area contributed by atoms with Crippen molar-refractivity contribution in [3.8, 4) is 17.2 Å². The molecule has 0 unspecified atom stereocenters. The predicted molar refractivity (Wildman–Crippen MR) is 125 cm³/mol. The number of fused-ring (bicyclic) bond motifs is 1. The first kappa shape index (κ1) is 21.8. The summed E-state index contributed by atoms with van der Waals surface area (Å²) in [6.45, 7) is 4.30. The molecule has 1 aliphatic heterocycles. The number of pyridine rings is 1. The molecule has 0 bridgehead atoms. The summed E-state index contributed by atoms with van der Waals surface area (Å²) in [6.07, 6.45) is 8.11. The fourth-order valence-corrected chi connectivity index (χ4v) is 6.02. The van der Waals surface area contributed by atoms with E-state index in [0.29, 0.717) is 17.4 Å². The Morgan fingerprint density at radius 2 is 2.06 bits per heavy atom. The van der Waals surface area contributed by atoms with E-state index in [9.17, 15) is 10.1 Å². The Hall–Kier alpha value is -2.45. The number of alkyl halides is 1. The topological polar surface area (TPSA) is 63.0 Å². The van der Waals surface area contributed by atoms with Crippen LogP contribution in [-0.2, 0) is 9.53 Å². The first-order chi connectivity index (χ1) is 15.0.